The molecule has 0 fully saturated rings. The van der Waals surface area contributed by atoms with Crippen LogP contribution in [0.5, 0.6) is 5.75 Å². The van der Waals surface area contributed by atoms with Crippen molar-refractivity contribution in [1.29, 1.82) is 0 Å². The number of nitrogens with one attached hydrogen (secondary N) is 1. The van der Waals surface area contributed by atoms with E-state index in [2.05, 4.69) is 16.4 Å². The van der Waals surface area contributed by atoms with Crippen LogP contribution >= 0.6 is 24.8 Å². The van der Waals surface area contributed by atoms with Crippen molar-refractivity contribution in [3.05, 3.63) is 81.7 Å². The summed E-state index contributed by atoms with van der Waals surface area (Å²) in [6.45, 7) is 12.0. The largest absolute Gasteiger partial charge is 0.493 e. The van der Waals surface area contributed by atoms with Gasteiger partial charge in [0.1, 0.15) is 22.5 Å². The molecule has 4 aromatic rings. The van der Waals surface area contributed by atoms with Crippen LogP contribution in [0, 0.1) is 19.3 Å². The smallest absolute Gasteiger partial charge is 0.262 e. The number of aromatic nitrogens is 2. The van der Waals surface area contributed by atoms with E-state index in [1.807, 2.05) is 51.1 Å². The summed E-state index contributed by atoms with van der Waals surface area (Å²) in [5.74, 6) is 0.982. The molecule has 0 radical (unpaired) electrons. The van der Waals surface area contributed by atoms with Gasteiger partial charge >= 0.3 is 0 Å². The van der Waals surface area contributed by atoms with E-state index in [0.29, 0.717) is 60.8 Å². The number of pyridine rings is 2. The van der Waals surface area contributed by atoms with Gasteiger partial charge < -0.3 is 28.8 Å². The second-order valence-electron chi connectivity index (χ2n) is 11.8. The molecule has 12 heteroatoms. The number of aryl methyl sites for hydroxylation is 4. The Labute approximate surface area is 281 Å². The lowest BCUT2D eigenvalue weighted by Crippen LogP contribution is -2.47. The fourth-order valence-electron chi connectivity index (χ4n) is 5.68. The minimum atomic E-state index is -1.14. The maximum Gasteiger partial charge on any atom is 0.262 e. The summed E-state index contributed by atoms with van der Waals surface area (Å²) in [7, 11) is 1.70. The molecular weight excluding hydrogens is 629 g/mol. The van der Waals surface area contributed by atoms with E-state index in [9.17, 15) is 14.4 Å². The van der Waals surface area contributed by atoms with E-state index in [4.69, 9.17) is 9.15 Å². The third-order valence-corrected chi connectivity index (χ3v) is 8.41. The summed E-state index contributed by atoms with van der Waals surface area (Å²) in [4.78, 5) is 46.8. The van der Waals surface area contributed by atoms with Crippen molar-refractivity contribution in [3.8, 4) is 5.75 Å². The lowest BCUT2D eigenvalue weighted by molar-refractivity contribution is -0.137. The Balaban J connectivity index is 0.00000288. The van der Waals surface area contributed by atoms with E-state index < -0.39 is 5.41 Å². The van der Waals surface area contributed by atoms with Crippen LogP contribution in [0.1, 0.15) is 49.8 Å². The molecule has 0 saturated heterocycles. The van der Waals surface area contributed by atoms with E-state index in [1.54, 1.807) is 47.7 Å². The molecule has 4 heterocycles. The van der Waals surface area contributed by atoms with E-state index in [-0.39, 0.29) is 42.2 Å². The third-order valence-electron chi connectivity index (χ3n) is 8.41. The predicted molar refractivity (Wildman–Crippen MR) is 186 cm³/mol. The Bertz CT molecular complexity index is 1770. The lowest BCUT2D eigenvalue weighted by Gasteiger charge is -2.27. The van der Waals surface area contributed by atoms with Gasteiger partial charge in [0.05, 0.1) is 23.4 Å². The standard InChI is InChI=1S/C34H41N5O5.2ClH/c1-7-39-27-10-9-26(20-28(27)37(6)32(41)34(4,5)33(39)42)43-18-8-14-35-21-24-11-15-36-25(19-24)12-16-38-17-13-29-30(31(38)40)22(2)23(3)44-29;;/h9-11,13,15,17,19-20,35H,7-8,12,14,16,18,21H2,1-6H3;2*1H. The van der Waals surface area contributed by atoms with Crippen LogP contribution in [0.2, 0.25) is 0 Å². The van der Waals surface area contributed by atoms with Crippen molar-refractivity contribution in [1.82, 2.24) is 14.9 Å². The minimum absolute atomic E-state index is 0. The van der Waals surface area contributed by atoms with Crippen molar-refractivity contribution >= 4 is 59.0 Å². The number of hydrogen-bond acceptors (Lipinski definition) is 7. The zero-order chi connectivity index (χ0) is 31.6. The molecule has 1 aliphatic rings. The zero-order valence-electron chi connectivity index (χ0n) is 27.2. The number of amides is 2. The summed E-state index contributed by atoms with van der Waals surface area (Å²) in [5.41, 5.74) is 3.77. The normalized spacial score (nSPS) is 14.0. The first-order chi connectivity index (χ1) is 21.0. The van der Waals surface area contributed by atoms with Gasteiger partial charge in [0.2, 0.25) is 11.8 Å². The number of hydrogen-bond donors (Lipinski definition) is 1. The number of benzene rings is 1. The Morgan fingerprint density at radius 1 is 1.00 bits per heavy atom. The van der Waals surface area contributed by atoms with Crippen molar-refractivity contribution in [2.24, 2.45) is 5.41 Å². The molecular formula is C34H43Cl2N5O5. The number of carbonyl (C=O) groups excluding carboxylic acids is 2. The van der Waals surface area contributed by atoms with Crippen molar-refractivity contribution in [2.75, 3.05) is 36.5 Å². The van der Waals surface area contributed by atoms with Gasteiger partial charge in [0.25, 0.3) is 5.56 Å². The molecule has 0 atom stereocenters. The third kappa shape index (κ3) is 7.24. The molecule has 5 rings (SSSR count). The van der Waals surface area contributed by atoms with E-state index in [0.717, 1.165) is 35.5 Å². The van der Waals surface area contributed by atoms with Crippen LogP contribution in [-0.2, 0) is 29.1 Å². The molecule has 1 N–H and O–H groups in total. The van der Waals surface area contributed by atoms with Gasteiger partial charge in [-0.05, 0) is 83.5 Å². The quantitative estimate of drug-likeness (QED) is 0.163. The van der Waals surface area contributed by atoms with Crippen molar-refractivity contribution in [3.63, 3.8) is 0 Å². The topological polar surface area (TPSA) is 110 Å². The SMILES string of the molecule is CCN1C(=O)C(C)(C)C(=O)N(C)c2cc(OCCCNCc3ccnc(CCn4ccc5oc(C)c(C)c5c4=O)c3)ccc21.Cl.Cl. The van der Waals surface area contributed by atoms with E-state index >= 15 is 0 Å². The second kappa shape index (κ2) is 15.2. The second-order valence-corrected chi connectivity index (χ2v) is 11.8. The van der Waals surface area contributed by atoms with Gasteiger partial charge in [-0.3, -0.25) is 19.4 Å². The number of carbonyl (C=O) groups is 2. The van der Waals surface area contributed by atoms with Gasteiger partial charge in [-0.25, -0.2) is 0 Å². The fraction of sp³-hybridized carbons (Fsp3) is 0.412. The summed E-state index contributed by atoms with van der Waals surface area (Å²) in [5, 5.41) is 4.10. The molecule has 3 aromatic heterocycles. The van der Waals surface area contributed by atoms with Crippen LogP contribution in [0.4, 0.5) is 11.4 Å². The molecule has 0 spiro atoms. The number of fused-ring (bicyclic) bond motifs is 2. The van der Waals surface area contributed by atoms with Gasteiger partial charge in [-0.2, -0.15) is 0 Å². The molecule has 0 unspecified atom stereocenters. The highest BCUT2D eigenvalue weighted by molar-refractivity contribution is 6.20. The Morgan fingerprint density at radius 2 is 1.76 bits per heavy atom. The van der Waals surface area contributed by atoms with Gasteiger partial charge in [-0.15, -0.1) is 24.8 Å². The Morgan fingerprint density at radius 3 is 2.50 bits per heavy atom. The van der Waals surface area contributed by atoms with Crippen LogP contribution < -0.4 is 25.4 Å². The first kappa shape index (κ1) is 36.6. The predicted octanol–water partition coefficient (Wildman–Crippen LogP) is 5.61. The summed E-state index contributed by atoms with van der Waals surface area (Å²) < 4.78 is 13.4. The Kier molecular flexibility index (Phi) is 12.1. The molecule has 2 amide bonds. The van der Waals surface area contributed by atoms with Crippen molar-refractivity contribution < 1.29 is 18.7 Å². The zero-order valence-corrected chi connectivity index (χ0v) is 28.8. The molecule has 1 aromatic carbocycles. The van der Waals surface area contributed by atoms with Crippen molar-refractivity contribution in [2.45, 2.75) is 60.5 Å². The average Bonchev–Trinajstić information content (AvgIpc) is 3.29. The highest BCUT2D eigenvalue weighted by Gasteiger charge is 2.45. The number of anilines is 2. The molecule has 248 valence electrons. The van der Waals surface area contributed by atoms with Gasteiger partial charge in [0.15, 0.2) is 0 Å². The molecule has 46 heavy (non-hydrogen) atoms. The minimum Gasteiger partial charge on any atom is -0.493 e. The first-order valence-electron chi connectivity index (χ1n) is 15.1. The highest BCUT2D eigenvalue weighted by atomic mass is 35.5. The van der Waals surface area contributed by atoms with Crippen LogP contribution in [0.25, 0.3) is 11.0 Å². The molecule has 0 aliphatic carbocycles. The fourth-order valence-corrected chi connectivity index (χ4v) is 5.68. The van der Waals surface area contributed by atoms with E-state index in [1.165, 1.54) is 0 Å². The molecule has 10 nitrogen and oxygen atoms in total. The number of rotatable bonds is 11. The number of ether oxygens (including phenoxy) is 1. The molecule has 0 bridgehead atoms. The molecule has 1 aliphatic heterocycles. The first-order valence-corrected chi connectivity index (χ1v) is 15.1. The van der Waals surface area contributed by atoms with Crippen LogP contribution in [-0.4, -0.2) is 48.1 Å². The van der Waals surface area contributed by atoms with Gasteiger partial charge in [-0.1, -0.05) is 0 Å². The summed E-state index contributed by atoms with van der Waals surface area (Å²) >= 11 is 0. The number of halogens is 2. The maximum absolute atomic E-state index is 13.1. The number of nitrogens with zero attached hydrogens (tertiary/aromatic N) is 4. The molecule has 0 saturated carbocycles. The summed E-state index contributed by atoms with van der Waals surface area (Å²) in [6, 6.07) is 11.4. The summed E-state index contributed by atoms with van der Waals surface area (Å²) in [6.07, 6.45) is 5.02. The monoisotopic (exact) mass is 671 g/mol. The number of furan rings is 1. The Hall–Kier alpha value is -3.86. The highest BCUT2D eigenvalue weighted by Crippen LogP contribution is 2.40. The average molecular weight is 673 g/mol. The van der Waals surface area contributed by atoms with Crippen LogP contribution in [0.3, 0.4) is 0 Å². The lowest BCUT2D eigenvalue weighted by atomic mass is 9.90. The maximum atomic E-state index is 13.1. The van der Waals surface area contributed by atoms with Gasteiger partial charge in [0, 0.05) is 62.8 Å². The van der Waals surface area contributed by atoms with Crippen LogP contribution in [0.15, 0.2) is 58.0 Å².